The monoisotopic (exact) mass is 175 g/mol. The van der Waals surface area contributed by atoms with Crippen LogP contribution in [0.4, 0.5) is 0 Å². The molecule has 1 aromatic carbocycles. The molecule has 0 aliphatic heterocycles. The van der Waals surface area contributed by atoms with Crippen molar-refractivity contribution in [2.24, 2.45) is 5.73 Å². The van der Waals surface area contributed by atoms with Crippen LogP contribution in [-0.4, -0.2) is 11.0 Å². The SMILES string of the molecule is NC(=O)C#Cc1cccc(CO)c1. The van der Waals surface area contributed by atoms with E-state index in [2.05, 4.69) is 11.8 Å². The molecule has 1 aromatic rings. The standard InChI is InChI=1S/C10H9NO2/c11-10(13)5-4-8-2-1-3-9(6-8)7-12/h1-3,6,12H,7H2,(H2,11,13). The molecule has 0 heterocycles. The van der Waals surface area contributed by atoms with Crippen molar-refractivity contribution >= 4 is 5.91 Å². The number of nitrogens with two attached hydrogens (primary N) is 1. The maximum atomic E-state index is 10.3. The van der Waals surface area contributed by atoms with Gasteiger partial charge in [-0.25, -0.2) is 0 Å². The number of amides is 1. The number of rotatable bonds is 1. The van der Waals surface area contributed by atoms with Crippen LogP contribution in [0.15, 0.2) is 24.3 Å². The predicted octanol–water partition coefficient (Wildman–Crippen LogP) is 0.0157. The van der Waals surface area contributed by atoms with Crippen LogP contribution in [0.1, 0.15) is 11.1 Å². The molecule has 0 aromatic heterocycles. The number of hydrogen-bond donors (Lipinski definition) is 2. The van der Waals surface area contributed by atoms with E-state index in [1.54, 1.807) is 24.3 Å². The zero-order chi connectivity index (χ0) is 9.68. The largest absolute Gasteiger partial charge is 0.392 e. The van der Waals surface area contributed by atoms with Crippen LogP contribution < -0.4 is 5.73 Å². The molecule has 3 heteroatoms. The van der Waals surface area contributed by atoms with E-state index in [0.29, 0.717) is 5.56 Å². The van der Waals surface area contributed by atoms with Gasteiger partial charge in [0.05, 0.1) is 6.61 Å². The van der Waals surface area contributed by atoms with Crippen LogP contribution in [-0.2, 0) is 11.4 Å². The molecule has 0 aliphatic rings. The summed E-state index contributed by atoms with van der Waals surface area (Å²) in [5, 5.41) is 8.80. The van der Waals surface area contributed by atoms with E-state index in [-0.39, 0.29) is 6.61 Å². The third kappa shape index (κ3) is 2.97. The number of aliphatic hydroxyl groups excluding tert-OH is 1. The van der Waals surface area contributed by atoms with E-state index in [0.717, 1.165) is 5.56 Å². The Hall–Kier alpha value is -1.79. The lowest BCUT2D eigenvalue weighted by molar-refractivity contribution is -0.112. The Morgan fingerprint density at radius 2 is 2.31 bits per heavy atom. The van der Waals surface area contributed by atoms with Gasteiger partial charge in [0.1, 0.15) is 0 Å². The van der Waals surface area contributed by atoms with Crippen molar-refractivity contribution in [3.8, 4) is 11.8 Å². The first-order valence-electron chi connectivity index (χ1n) is 3.73. The minimum atomic E-state index is -0.658. The Bertz CT molecular complexity index is 374. The molecule has 1 amide bonds. The average Bonchev–Trinajstić information content (AvgIpc) is 2.15. The van der Waals surface area contributed by atoms with Gasteiger partial charge in [0.25, 0.3) is 5.91 Å². The molecule has 1 rings (SSSR count). The lowest BCUT2D eigenvalue weighted by Crippen LogP contribution is -2.06. The highest BCUT2D eigenvalue weighted by atomic mass is 16.3. The average molecular weight is 175 g/mol. The molecule has 13 heavy (non-hydrogen) atoms. The van der Waals surface area contributed by atoms with Gasteiger partial charge in [0.2, 0.25) is 0 Å². The van der Waals surface area contributed by atoms with Gasteiger partial charge in [-0.3, -0.25) is 4.79 Å². The fourth-order valence-electron chi connectivity index (χ4n) is 0.881. The quantitative estimate of drug-likeness (QED) is 0.591. The van der Waals surface area contributed by atoms with Crippen LogP contribution in [0.5, 0.6) is 0 Å². The zero-order valence-corrected chi connectivity index (χ0v) is 6.95. The number of aliphatic hydroxyl groups is 1. The molecule has 0 saturated carbocycles. The number of hydrogen-bond acceptors (Lipinski definition) is 2. The number of carbonyl (C=O) groups is 1. The van der Waals surface area contributed by atoms with E-state index < -0.39 is 5.91 Å². The van der Waals surface area contributed by atoms with Crippen molar-refractivity contribution in [2.45, 2.75) is 6.61 Å². The van der Waals surface area contributed by atoms with Gasteiger partial charge in [0.15, 0.2) is 0 Å². The van der Waals surface area contributed by atoms with Crippen LogP contribution in [0.2, 0.25) is 0 Å². The molecule has 66 valence electrons. The molecule has 0 saturated heterocycles. The van der Waals surface area contributed by atoms with Crippen molar-refractivity contribution in [1.29, 1.82) is 0 Å². The Morgan fingerprint density at radius 1 is 1.54 bits per heavy atom. The lowest BCUT2D eigenvalue weighted by atomic mass is 10.1. The number of benzene rings is 1. The van der Waals surface area contributed by atoms with Crippen molar-refractivity contribution in [3.63, 3.8) is 0 Å². The van der Waals surface area contributed by atoms with Crippen LogP contribution in [0, 0.1) is 11.8 Å². The second kappa shape index (κ2) is 4.29. The van der Waals surface area contributed by atoms with E-state index in [9.17, 15) is 4.79 Å². The van der Waals surface area contributed by atoms with Gasteiger partial charge in [0, 0.05) is 5.56 Å². The van der Waals surface area contributed by atoms with Gasteiger partial charge in [-0.15, -0.1) is 0 Å². The molecule has 3 nitrogen and oxygen atoms in total. The first kappa shape index (κ1) is 9.30. The molecule has 0 aliphatic carbocycles. The lowest BCUT2D eigenvalue weighted by Gasteiger charge is -1.94. The van der Waals surface area contributed by atoms with E-state index in [1.165, 1.54) is 0 Å². The van der Waals surface area contributed by atoms with E-state index >= 15 is 0 Å². The first-order valence-corrected chi connectivity index (χ1v) is 3.73. The van der Waals surface area contributed by atoms with Crippen LogP contribution in [0.25, 0.3) is 0 Å². The fraction of sp³-hybridized carbons (Fsp3) is 0.100. The van der Waals surface area contributed by atoms with Crippen LogP contribution >= 0.6 is 0 Å². The summed E-state index contributed by atoms with van der Waals surface area (Å²) in [5.41, 5.74) is 6.28. The molecule has 0 bridgehead atoms. The summed E-state index contributed by atoms with van der Waals surface area (Å²) < 4.78 is 0. The zero-order valence-electron chi connectivity index (χ0n) is 6.95. The minimum absolute atomic E-state index is 0.0356. The Kier molecular flexibility index (Phi) is 3.07. The smallest absolute Gasteiger partial charge is 0.293 e. The topological polar surface area (TPSA) is 63.3 Å². The molecule has 0 atom stereocenters. The summed E-state index contributed by atoms with van der Waals surface area (Å²) in [5.74, 6) is 4.15. The summed E-state index contributed by atoms with van der Waals surface area (Å²) >= 11 is 0. The summed E-state index contributed by atoms with van der Waals surface area (Å²) in [7, 11) is 0. The molecular weight excluding hydrogens is 166 g/mol. The van der Waals surface area contributed by atoms with Gasteiger partial charge in [-0.05, 0) is 23.6 Å². The fourth-order valence-corrected chi connectivity index (χ4v) is 0.881. The van der Waals surface area contributed by atoms with Crippen molar-refractivity contribution in [2.75, 3.05) is 0 Å². The highest BCUT2D eigenvalue weighted by Gasteiger charge is 1.91. The maximum Gasteiger partial charge on any atom is 0.293 e. The molecule has 0 unspecified atom stereocenters. The molecule has 3 N–H and O–H groups in total. The molecule has 0 radical (unpaired) electrons. The van der Waals surface area contributed by atoms with Gasteiger partial charge >= 0.3 is 0 Å². The maximum absolute atomic E-state index is 10.3. The summed E-state index contributed by atoms with van der Waals surface area (Å²) in [6.07, 6.45) is 0. The van der Waals surface area contributed by atoms with Crippen LogP contribution in [0.3, 0.4) is 0 Å². The molecule has 0 fully saturated rings. The number of carbonyl (C=O) groups excluding carboxylic acids is 1. The summed E-state index contributed by atoms with van der Waals surface area (Å²) in [6.45, 7) is -0.0356. The summed E-state index contributed by atoms with van der Waals surface area (Å²) in [4.78, 5) is 10.3. The molecular formula is C10H9NO2. The first-order chi connectivity index (χ1) is 6.22. The minimum Gasteiger partial charge on any atom is -0.392 e. The molecule has 0 spiro atoms. The predicted molar refractivity (Wildman–Crippen MR) is 48.4 cm³/mol. The Balaban J connectivity index is 2.91. The van der Waals surface area contributed by atoms with E-state index in [4.69, 9.17) is 10.8 Å². The van der Waals surface area contributed by atoms with E-state index in [1.807, 2.05) is 0 Å². The third-order valence-electron chi connectivity index (χ3n) is 1.44. The van der Waals surface area contributed by atoms with Gasteiger partial charge in [-0.1, -0.05) is 18.1 Å². The third-order valence-corrected chi connectivity index (χ3v) is 1.44. The summed E-state index contributed by atoms with van der Waals surface area (Å²) in [6, 6.07) is 6.98. The highest BCUT2D eigenvalue weighted by Crippen LogP contribution is 2.03. The number of primary amides is 1. The van der Waals surface area contributed by atoms with Gasteiger partial charge < -0.3 is 10.8 Å². The highest BCUT2D eigenvalue weighted by molar-refractivity contribution is 5.92. The van der Waals surface area contributed by atoms with Crippen molar-refractivity contribution in [3.05, 3.63) is 35.4 Å². The normalized spacial score (nSPS) is 8.69. The second-order valence-electron chi connectivity index (χ2n) is 2.47. The van der Waals surface area contributed by atoms with Gasteiger partial charge in [-0.2, -0.15) is 0 Å². The Labute approximate surface area is 76.2 Å². The Morgan fingerprint density at radius 3 is 2.92 bits per heavy atom. The van der Waals surface area contributed by atoms with Crippen molar-refractivity contribution in [1.82, 2.24) is 0 Å². The second-order valence-corrected chi connectivity index (χ2v) is 2.47. The van der Waals surface area contributed by atoms with Crippen molar-refractivity contribution < 1.29 is 9.90 Å².